The fourth-order valence-electron chi connectivity index (χ4n) is 3.89. The second-order valence-electron chi connectivity index (χ2n) is 6.73. The highest BCUT2D eigenvalue weighted by atomic mass is 19.1. The topological polar surface area (TPSA) is 49.9 Å². The summed E-state index contributed by atoms with van der Waals surface area (Å²) in [5.74, 6) is -0.511. The van der Waals surface area contributed by atoms with E-state index in [0.717, 1.165) is 11.3 Å². The number of methoxy groups -OCH3 is 1. The van der Waals surface area contributed by atoms with Crippen LogP contribution in [0.1, 0.15) is 22.3 Å². The van der Waals surface area contributed by atoms with Crippen LogP contribution in [0.25, 0.3) is 0 Å². The first-order valence-corrected chi connectivity index (χ1v) is 8.54. The van der Waals surface area contributed by atoms with Gasteiger partial charge in [0.15, 0.2) is 0 Å². The molecule has 0 aliphatic carbocycles. The second-order valence-corrected chi connectivity index (χ2v) is 6.73. The van der Waals surface area contributed by atoms with Crippen LogP contribution in [-0.4, -0.2) is 42.5 Å². The van der Waals surface area contributed by atoms with Gasteiger partial charge in [0.05, 0.1) is 24.4 Å². The Bertz CT molecular complexity index is 898. The average molecular weight is 354 g/mol. The molecule has 134 valence electrons. The Kier molecular flexibility index (Phi) is 3.90. The van der Waals surface area contributed by atoms with Gasteiger partial charge in [0.1, 0.15) is 17.6 Å². The summed E-state index contributed by atoms with van der Waals surface area (Å²) in [6, 6.07) is 10.9. The van der Waals surface area contributed by atoms with Crippen molar-refractivity contribution < 1.29 is 18.7 Å². The van der Waals surface area contributed by atoms with Crippen molar-refractivity contribution in [3.05, 3.63) is 59.4 Å². The number of rotatable bonds is 3. The fraction of sp³-hybridized carbons (Fsp3) is 0.300. The first-order chi connectivity index (χ1) is 12.5. The van der Waals surface area contributed by atoms with Crippen LogP contribution in [0.4, 0.5) is 10.1 Å². The van der Waals surface area contributed by atoms with Crippen molar-refractivity contribution in [3.8, 4) is 5.75 Å². The number of halogens is 1. The van der Waals surface area contributed by atoms with Gasteiger partial charge in [-0.05, 0) is 43.2 Å². The Morgan fingerprint density at radius 1 is 1.23 bits per heavy atom. The summed E-state index contributed by atoms with van der Waals surface area (Å²) in [5, 5.41) is 0. The van der Waals surface area contributed by atoms with Gasteiger partial charge in [-0.2, -0.15) is 0 Å². The number of aryl methyl sites for hydroxylation is 1. The van der Waals surface area contributed by atoms with Crippen LogP contribution in [-0.2, 0) is 4.79 Å². The van der Waals surface area contributed by atoms with Crippen molar-refractivity contribution in [1.82, 2.24) is 4.90 Å². The number of carbonyl (C=O) groups is 2. The van der Waals surface area contributed by atoms with E-state index in [-0.39, 0.29) is 17.5 Å². The Hall–Kier alpha value is -2.89. The highest BCUT2D eigenvalue weighted by Gasteiger charge is 2.52. The summed E-state index contributed by atoms with van der Waals surface area (Å²) >= 11 is 0. The zero-order chi connectivity index (χ0) is 18.4. The quantitative estimate of drug-likeness (QED) is 0.852. The van der Waals surface area contributed by atoms with Gasteiger partial charge in [-0.1, -0.05) is 18.2 Å². The molecule has 4 rings (SSSR count). The van der Waals surface area contributed by atoms with Gasteiger partial charge < -0.3 is 14.5 Å². The van der Waals surface area contributed by atoms with Crippen LogP contribution in [0.5, 0.6) is 5.75 Å². The highest BCUT2D eigenvalue weighted by molar-refractivity contribution is 6.07. The van der Waals surface area contributed by atoms with E-state index in [4.69, 9.17) is 4.74 Å². The maximum atomic E-state index is 14.0. The maximum absolute atomic E-state index is 14.0. The van der Waals surface area contributed by atoms with E-state index in [1.807, 2.05) is 25.1 Å². The molecule has 2 heterocycles. The highest BCUT2D eigenvalue weighted by Crippen LogP contribution is 2.40. The van der Waals surface area contributed by atoms with Gasteiger partial charge in [-0.3, -0.25) is 9.59 Å². The molecule has 2 bridgehead atoms. The number of nitrogens with zero attached hydrogens (tertiary/aromatic N) is 2. The van der Waals surface area contributed by atoms with E-state index in [1.165, 1.54) is 17.0 Å². The summed E-state index contributed by atoms with van der Waals surface area (Å²) in [6.45, 7) is 2.34. The van der Waals surface area contributed by atoms with Crippen LogP contribution in [0.15, 0.2) is 42.5 Å². The Morgan fingerprint density at radius 3 is 2.69 bits per heavy atom. The molecule has 26 heavy (non-hydrogen) atoms. The molecule has 5 nitrogen and oxygen atoms in total. The number of fused-ring (bicyclic) bond motifs is 2. The van der Waals surface area contributed by atoms with Crippen LogP contribution in [0.3, 0.4) is 0 Å². The molecule has 6 heteroatoms. The first kappa shape index (κ1) is 16.6. The lowest BCUT2D eigenvalue weighted by atomic mass is 10.1. The third-order valence-electron chi connectivity index (χ3n) is 5.13. The van der Waals surface area contributed by atoms with Crippen molar-refractivity contribution >= 4 is 17.5 Å². The normalized spacial score (nSPS) is 21.4. The molecule has 0 aromatic heterocycles. The molecular formula is C20H19FN2O3. The van der Waals surface area contributed by atoms with Crippen LogP contribution in [0.2, 0.25) is 0 Å². The molecular weight excluding hydrogens is 335 g/mol. The minimum absolute atomic E-state index is 0.00698. The van der Waals surface area contributed by atoms with Gasteiger partial charge in [0.2, 0.25) is 5.91 Å². The van der Waals surface area contributed by atoms with E-state index >= 15 is 0 Å². The summed E-state index contributed by atoms with van der Waals surface area (Å²) in [7, 11) is 1.57. The molecule has 2 amide bonds. The Labute approximate surface area is 151 Å². The van der Waals surface area contributed by atoms with Crippen molar-refractivity contribution in [2.45, 2.75) is 25.4 Å². The molecule has 0 spiro atoms. The summed E-state index contributed by atoms with van der Waals surface area (Å²) in [5.41, 5.74) is 1.76. The SMILES string of the molecule is COc1ccc(C)cc1N1C(=O)[C@@H]2C[C@H]1CN2C(=O)c1ccccc1F. The number of carbonyl (C=O) groups excluding carboxylic acids is 2. The van der Waals surface area contributed by atoms with E-state index in [2.05, 4.69) is 0 Å². The molecule has 0 unspecified atom stereocenters. The third-order valence-corrected chi connectivity index (χ3v) is 5.13. The average Bonchev–Trinajstić information content (AvgIpc) is 3.19. The zero-order valence-electron chi connectivity index (χ0n) is 14.6. The predicted octanol–water partition coefficient (Wildman–Crippen LogP) is 2.77. The minimum atomic E-state index is -0.565. The number of anilines is 1. The molecule has 2 aromatic carbocycles. The lowest BCUT2D eigenvalue weighted by molar-refractivity contribution is -0.121. The van der Waals surface area contributed by atoms with E-state index < -0.39 is 17.8 Å². The number of likely N-dealkylation sites (tertiary alicyclic amines) is 1. The fourth-order valence-corrected chi connectivity index (χ4v) is 3.89. The summed E-state index contributed by atoms with van der Waals surface area (Å²) in [4.78, 5) is 28.9. The number of benzene rings is 2. The maximum Gasteiger partial charge on any atom is 0.257 e. The van der Waals surface area contributed by atoms with Crippen LogP contribution < -0.4 is 9.64 Å². The lowest BCUT2D eigenvalue weighted by Gasteiger charge is -2.34. The van der Waals surface area contributed by atoms with Gasteiger partial charge >= 0.3 is 0 Å². The molecule has 2 aliphatic rings. The van der Waals surface area contributed by atoms with E-state index in [1.54, 1.807) is 24.1 Å². The number of piperazine rings is 1. The number of ether oxygens (including phenoxy) is 1. The Balaban J connectivity index is 1.63. The lowest BCUT2D eigenvalue weighted by Crippen LogP contribution is -2.52. The van der Waals surface area contributed by atoms with Crippen molar-refractivity contribution in [3.63, 3.8) is 0 Å². The minimum Gasteiger partial charge on any atom is -0.495 e. The summed E-state index contributed by atoms with van der Waals surface area (Å²) in [6.07, 6.45) is 0.552. The zero-order valence-corrected chi connectivity index (χ0v) is 14.6. The molecule has 0 N–H and O–H groups in total. The number of hydrogen-bond donors (Lipinski definition) is 0. The molecule has 2 aliphatic heterocycles. The van der Waals surface area contributed by atoms with Gasteiger partial charge in [0.25, 0.3) is 5.91 Å². The predicted molar refractivity (Wildman–Crippen MR) is 94.8 cm³/mol. The third kappa shape index (κ3) is 2.44. The first-order valence-electron chi connectivity index (χ1n) is 8.54. The van der Waals surface area contributed by atoms with Crippen molar-refractivity contribution in [1.29, 1.82) is 0 Å². The number of hydrogen-bond acceptors (Lipinski definition) is 3. The van der Waals surface area contributed by atoms with Crippen molar-refractivity contribution in [2.75, 3.05) is 18.6 Å². The van der Waals surface area contributed by atoms with Crippen LogP contribution >= 0.6 is 0 Å². The number of amides is 2. The largest absolute Gasteiger partial charge is 0.495 e. The van der Waals surface area contributed by atoms with Crippen LogP contribution in [0, 0.1) is 12.7 Å². The van der Waals surface area contributed by atoms with E-state index in [9.17, 15) is 14.0 Å². The van der Waals surface area contributed by atoms with Gasteiger partial charge in [-0.15, -0.1) is 0 Å². The summed E-state index contributed by atoms with van der Waals surface area (Å²) < 4.78 is 19.4. The van der Waals surface area contributed by atoms with Gasteiger partial charge in [0, 0.05) is 6.54 Å². The molecule has 0 radical (unpaired) electrons. The monoisotopic (exact) mass is 354 g/mol. The molecule has 2 atom stereocenters. The second kappa shape index (κ2) is 6.12. The smallest absolute Gasteiger partial charge is 0.257 e. The van der Waals surface area contributed by atoms with Crippen molar-refractivity contribution in [2.24, 2.45) is 0 Å². The molecule has 2 aromatic rings. The van der Waals surface area contributed by atoms with Gasteiger partial charge in [-0.25, -0.2) is 4.39 Å². The molecule has 2 saturated heterocycles. The standard InChI is InChI=1S/C20H19FN2O3/c1-12-7-8-18(26-2)16(9-12)23-13-10-17(20(23)25)22(11-13)19(24)14-5-3-4-6-15(14)21/h3-9,13,17H,10-11H2,1-2H3/t13-,17-/m0/s1. The Morgan fingerprint density at radius 2 is 2.00 bits per heavy atom. The molecule has 2 fully saturated rings. The van der Waals surface area contributed by atoms with E-state index in [0.29, 0.717) is 18.7 Å². The molecule has 0 saturated carbocycles.